The Morgan fingerprint density at radius 3 is 2.56 bits per heavy atom. The number of rotatable bonds is 6. The van der Waals surface area contributed by atoms with Crippen LogP contribution >= 0.6 is 0 Å². The van der Waals surface area contributed by atoms with Crippen LogP contribution in [0.5, 0.6) is 5.75 Å². The zero-order valence-corrected chi connectivity index (χ0v) is 12.4. The standard InChI is InChI=1S/C11H17N3O.BrH.Cu.H2O/c12-5-6-13-7-8-14-9-10-3-1-2-4-11(10)15;;;/h1-4,9,13,15H,5-8,12H2;1H;;1H2/q;;+2;/p-2. The fourth-order valence-corrected chi connectivity index (χ4v) is 1.12. The van der Waals surface area contributed by atoms with Gasteiger partial charge in [-0.15, -0.1) is 5.75 Å². The van der Waals surface area contributed by atoms with Crippen LogP contribution in [0.4, 0.5) is 0 Å². The van der Waals surface area contributed by atoms with Crippen molar-refractivity contribution in [1.82, 2.24) is 5.32 Å². The van der Waals surface area contributed by atoms with Gasteiger partial charge in [0.05, 0.1) is 6.54 Å². The van der Waals surface area contributed by atoms with E-state index in [1.54, 1.807) is 18.3 Å². The van der Waals surface area contributed by atoms with Crippen LogP contribution in [0.1, 0.15) is 5.56 Å². The van der Waals surface area contributed by atoms with Crippen LogP contribution in [0.3, 0.4) is 0 Å². The molecule has 1 aromatic rings. The van der Waals surface area contributed by atoms with Gasteiger partial charge in [0.25, 0.3) is 0 Å². The molecule has 0 aliphatic heterocycles. The number of halogens is 1. The molecular weight excluding hydrogens is 350 g/mol. The van der Waals surface area contributed by atoms with Crippen LogP contribution in [-0.2, 0) is 17.1 Å². The van der Waals surface area contributed by atoms with Gasteiger partial charge in [-0.25, -0.2) is 0 Å². The van der Waals surface area contributed by atoms with E-state index in [0.29, 0.717) is 18.7 Å². The van der Waals surface area contributed by atoms with E-state index in [0.717, 1.165) is 13.1 Å². The van der Waals surface area contributed by atoms with Crippen molar-refractivity contribution in [3.05, 3.63) is 29.8 Å². The Labute approximate surface area is 128 Å². The molecule has 5 nitrogen and oxygen atoms in total. The number of nitrogens with zero attached hydrogens (tertiary/aromatic N) is 1. The predicted octanol–water partition coefficient (Wildman–Crippen LogP) is -4.10. The first-order valence-corrected chi connectivity index (χ1v) is 5.01. The summed E-state index contributed by atoms with van der Waals surface area (Å²) >= 11 is 0. The van der Waals surface area contributed by atoms with Crippen molar-refractivity contribution >= 4 is 6.21 Å². The Hall–Kier alpha value is -0.431. The third kappa shape index (κ3) is 9.58. The van der Waals surface area contributed by atoms with Crippen molar-refractivity contribution in [3.8, 4) is 5.75 Å². The number of benzene rings is 1. The largest absolute Gasteiger partial charge is 2.00 e. The molecule has 1 rings (SSSR count). The Kier molecular flexibility index (Phi) is 18.5. The average Bonchev–Trinajstić information content (AvgIpc) is 2.25. The molecule has 0 saturated heterocycles. The van der Waals surface area contributed by atoms with E-state index in [1.807, 2.05) is 6.07 Å². The minimum Gasteiger partial charge on any atom is -1.00 e. The maximum Gasteiger partial charge on any atom is 2.00 e. The van der Waals surface area contributed by atoms with Crippen molar-refractivity contribution < 1.29 is 44.6 Å². The normalized spacial score (nSPS) is 9.17. The second-order valence-electron chi connectivity index (χ2n) is 3.11. The van der Waals surface area contributed by atoms with Crippen LogP contribution < -0.4 is 33.1 Å². The van der Waals surface area contributed by atoms with E-state index in [2.05, 4.69) is 10.3 Å². The molecule has 18 heavy (non-hydrogen) atoms. The van der Waals surface area contributed by atoms with Crippen LogP contribution in [-0.4, -0.2) is 37.9 Å². The molecule has 0 unspecified atom stereocenters. The third-order valence-corrected chi connectivity index (χ3v) is 1.89. The first kappa shape index (κ1) is 22.7. The fraction of sp³-hybridized carbons (Fsp3) is 0.364. The first-order valence-electron chi connectivity index (χ1n) is 5.01. The van der Waals surface area contributed by atoms with E-state index >= 15 is 0 Å². The molecule has 1 radical (unpaired) electrons. The van der Waals surface area contributed by atoms with Gasteiger partial charge in [-0.1, -0.05) is 24.3 Å². The van der Waals surface area contributed by atoms with Gasteiger partial charge in [0, 0.05) is 25.8 Å². The summed E-state index contributed by atoms with van der Waals surface area (Å²) in [6.45, 7) is 2.88. The smallest absolute Gasteiger partial charge is 1.00 e. The van der Waals surface area contributed by atoms with Crippen molar-refractivity contribution in [2.24, 2.45) is 10.7 Å². The van der Waals surface area contributed by atoms with E-state index in [9.17, 15) is 5.11 Å². The number of aliphatic imine (C=N–C) groups is 1. The molecule has 0 aliphatic rings. The Balaban J connectivity index is -0.000000750. The summed E-state index contributed by atoms with van der Waals surface area (Å²) in [7, 11) is 0. The first-order chi connectivity index (χ1) is 7.34. The molecule has 0 fully saturated rings. The SMILES string of the molecule is NCCNCCN=Cc1ccccc1[O-].O.[Br-].[Cu+2]. The number of hydrogen-bond donors (Lipinski definition) is 2. The van der Waals surface area contributed by atoms with E-state index < -0.39 is 0 Å². The van der Waals surface area contributed by atoms with Gasteiger partial charge < -0.3 is 38.6 Å². The van der Waals surface area contributed by atoms with Crippen molar-refractivity contribution in [2.75, 3.05) is 26.2 Å². The molecule has 1 aromatic carbocycles. The van der Waals surface area contributed by atoms with E-state index in [4.69, 9.17) is 5.73 Å². The molecule has 0 bridgehead atoms. The summed E-state index contributed by atoms with van der Waals surface area (Å²) in [6, 6.07) is 6.85. The van der Waals surface area contributed by atoms with Gasteiger partial charge >= 0.3 is 17.1 Å². The monoisotopic (exact) mass is 366 g/mol. The van der Waals surface area contributed by atoms with Crippen molar-refractivity contribution in [1.29, 1.82) is 0 Å². The predicted molar refractivity (Wildman–Crippen MR) is 63.9 cm³/mol. The Morgan fingerprint density at radius 1 is 1.28 bits per heavy atom. The van der Waals surface area contributed by atoms with Crippen LogP contribution in [0.25, 0.3) is 0 Å². The van der Waals surface area contributed by atoms with Crippen LogP contribution in [0.15, 0.2) is 29.3 Å². The topological polar surface area (TPSA) is 105 Å². The summed E-state index contributed by atoms with van der Waals surface area (Å²) in [5.74, 6) is 0.0103. The molecule has 0 spiro atoms. The maximum atomic E-state index is 11.3. The van der Waals surface area contributed by atoms with Gasteiger partial charge in [0.2, 0.25) is 0 Å². The minimum absolute atomic E-state index is 0. The van der Waals surface area contributed by atoms with Crippen molar-refractivity contribution in [2.45, 2.75) is 0 Å². The number of hydrogen-bond acceptors (Lipinski definition) is 4. The molecule has 0 aliphatic carbocycles. The summed E-state index contributed by atoms with van der Waals surface area (Å²) in [4.78, 5) is 4.15. The molecule has 107 valence electrons. The average molecular weight is 368 g/mol. The molecular formula is C11H18BrCuN3O2. The molecule has 0 saturated carbocycles. The summed E-state index contributed by atoms with van der Waals surface area (Å²) in [6.07, 6.45) is 1.62. The number of nitrogens with two attached hydrogens (primary N) is 1. The van der Waals surface area contributed by atoms with E-state index in [-0.39, 0.29) is 45.3 Å². The summed E-state index contributed by atoms with van der Waals surface area (Å²) in [5.41, 5.74) is 5.95. The third-order valence-electron chi connectivity index (χ3n) is 1.89. The maximum absolute atomic E-state index is 11.3. The second-order valence-corrected chi connectivity index (χ2v) is 3.11. The van der Waals surface area contributed by atoms with E-state index in [1.165, 1.54) is 6.07 Å². The van der Waals surface area contributed by atoms with Crippen LogP contribution in [0.2, 0.25) is 0 Å². The van der Waals surface area contributed by atoms with Crippen LogP contribution in [0, 0.1) is 0 Å². The molecule has 0 atom stereocenters. The molecule has 0 aromatic heterocycles. The number of nitrogens with one attached hydrogen (secondary N) is 1. The minimum atomic E-state index is 0. The Morgan fingerprint density at radius 2 is 1.94 bits per heavy atom. The van der Waals surface area contributed by atoms with Gasteiger partial charge in [0.15, 0.2) is 0 Å². The zero-order chi connectivity index (χ0) is 10.9. The summed E-state index contributed by atoms with van der Waals surface area (Å²) < 4.78 is 0. The molecule has 0 amide bonds. The second kappa shape index (κ2) is 14.6. The number of para-hydroxylation sites is 1. The Bertz CT molecular complexity index is 327. The van der Waals surface area contributed by atoms with Gasteiger partial charge in [0.1, 0.15) is 0 Å². The molecule has 0 heterocycles. The zero-order valence-electron chi connectivity index (χ0n) is 9.83. The quantitative estimate of drug-likeness (QED) is 0.303. The molecule has 7 heteroatoms. The molecule has 5 N–H and O–H groups in total. The summed E-state index contributed by atoms with van der Waals surface area (Å²) in [5, 5.41) is 14.4. The van der Waals surface area contributed by atoms with Gasteiger partial charge in [-0.3, -0.25) is 4.99 Å². The fourth-order valence-electron chi connectivity index (χ4n) is 1.12. The van der Waals surface area contributed by atoms with Gasteiger partial charge in [-0.2, -0.15) is 0 Å². The van der Waals surface area contributed by atoms with Crippen molar-refractivity contribution in [3.63, 3.8) is 0 Å². The van der Waals surface area contributed by atoms with Gasteiger partial charge in [-0.05, 0) is 5.56 Å².